The van der Waals surface area contributed by atoms with Crippen molar-refractivity contribution < 1.29 is 19.0 Å². The SMILES string of the molecule is COc1cc(C=C(C#N)C(=O)N2CCc3ccccc32)cc(Cl)c1OCCCOc1ccccc1. The standard InChI is InChI=1S/C28H25ClN2O4/c1-33-26-18-20(16-22(19-30)28(32)31-13-12-21-8-5-6-11-25(21)31)17-24(29)27(26)35-15-7-14-34-23-9-3-2-4-10-23/h2-6,8-11,16-18H,7,12-15H2,1H3. The Morgan fingerprint density at radius 2 is 1.83 bits per heavy atom. The molecular formula is C28H25ClN2O4. The van der Waals surface area contributed by atoms with Crippen LogP contribution in [0, 0.1) is 11.3 Å². The van der Waals surface area contributed by atoms with E-state index in [0.717, 1.165) is 23.4 Å². The largest absolute Gasteiger partial charge is 0.493 e. The third kappa shape index (κ3) is 5.76. The van der Waals surface area contributed by atoms with Crippen LogP contribution in [-0.4, -0.2) is 32.8 Å². The number of nitrogens with zero attached hydrogens (tertiary/aromatic N) is 2. The zero-order valence-electron chi connectivity index (χ0n) is 19.4. The number of hydrogen-bond donors (Lipinski definition) is 0. The minimum Gasteiger partial charge on any atom is -0.493 e. The minimum absolute atomic E-state index is 0.0200. The van der Waals surface area contributed by atoms with Gasteiger partial charge in [-0.2, -0.15) is 5.26 Å². The fourth-order valence-corrected chi connectivity index (χ4v) is 4.18. The van der Waals surface area contributed by atoms with Crippen molar-refractivity contribution in [3.05, 3.63) is 88.5 Å². The van der Waals surface area contributed by atoms with E-state index in [2.05, 4.69) is 0 Å². The highest BCUT2D eigenvalue weighted by Gasteiger charge is 2.26. The van der Waals surface area contributed by atoms with E-state index in [1.54, 1.807) is 17.0 Å². The fraction of sp³-hybridized carbons (Fsp3) is 0.214. The third-order valence-electron chi connectivity index (χ3n) is 5.59. The van der Waals surface area contributed by atoms with Crippen LogP contribution in [0.3, 0.4) is 0 Å². The molecule has 0 spiro atoms. The first-order chi connectivity index (χ1) is 17.1. The summed E-state index contributed by atoms with van der Waals surface area (Å²) in [5, 5.41) is 10.0. The number of fused-ring (bicyclic) bond motifs is 1. The molecule has 0 unspecified atom stereocenters. The monoisotopic (exact) mass is 488 g/mol. The van der Waals surface area contributed by atoms with Crippen LogP contribution in [0.25, 0.3) is 6.08 Å². The van der Waals surface area contributed by atoms with Crippen molar-refractivity contribution in [1.29, 1.82) is 5.26 Å². The lowest BCUT2D eigenvalue weighted by Gasteiger charge is -2.17. The molecule has 4 rings (SSSR count). The first-order valence-electron chi connectivity index (χ1n) is 11.3. The molecule has 0 atom stereocenters. The molecule has 1 heterocycles. The van der Waals surface area contributed by atoms with Crippen LogP contribution in [0.4, 0.5) is 5.69 Å². The molecule has 0 N–H and O–H groups in total. The second-order valence-corrected chi connectivity index (χ2v) is 8.31. The number of rotatable bonds is 9. The Morgan fingerprint density at radius 1 is 1.09 bits per heavy atom. The van der Waals surface area contributed by atoms with Crippen molar-refractivity contribution in [3.8, 4) is 23.3 Å². The number of methoxy groups -OCH3 is 1. The van der Waals surface area contributed by atoms with Crippen LogP contribution in [0.2, 0.25) is 5.02 Å². The number of para-hydroxylation sites is 2. The lowest BCUT2D eigenvalue weighted by molar-refractivity contribution is -0.114. The number of nitriles is 1. The van der Waals surface area contributed by atoms with Crippen LogP contribution in [0.15, 0.2) is 72.3 Å². The van der Waals surface area contributed by atoms with E-state index in [9.17, 15) is 10.1 Å². The molecule has 0 fully saturated rings. The van der Waals surface area contributed by atoms with Crippen molar-refractivity contribution >= 4 is 29.3 Å². The topological polar surface area (TPSA) is 71.8 Å². The Bertz CT molecular complexity index is 1270. The van der Waals surface area contributed by atoms with Gasteiger partial charge in [-0.1, -0.05) is 48.0 Å². The molecule has 3 aromatic rings. The lowest BCUT2D eigenvalue weighted by atomic mass is 10.1. The lowest BCUT2D eigenvalue weighted by Crippen LogP contribution is -2.29. The van der Waals surface area contributed by atoms with E-state index in [4.69, 9.17) is 25.8 Å². The van der Waals surface area contributed by atoms with E-state index in [-0.39, 0.29) is 11.5 Å². The summed E-state index contributed by atoms with van der Waals surface area (Å²) in [6.45, 7) is 1.43. The Morgan fingerprint density at radius 3 is 2.60 bits per heavy atom. The first kappa shape index (κ1) is 24.2. The quantitative estimate of drug-likeness (QED) is 0.220. The molecule has 0 radical (unpaired) electrons. The van der Waals surface area contributed by atoms with Gasteiger partial charge in [0, 0.05) is 18.7 Å². The zero-order chi connectivity index (χ0) is 24.6. The predicted octanol–water partition coefficient (Wildman–Crippen LogP) is 5.69. The van der Waals surface area contributed by atoms with Gasteiger partial charge in [-0.3, -0.25) is 4.79 Å². The molecule has 0 bridgehead atoms. The van der Waals surface area contributed by atoms with E-state index >= 15 is 0 Å². The number of carbonyl (C=O) groups is 1. The van der Waals surface area contributed by atoms with Crippen molar-refractivity contribution in [2.24, 2.45) is 0 Å². The average molecular weight is 489 g/mol. The number of hydrogen-bond acceptors (Lipinski definition) is 5. The minimum atomic E-state index is -0.341. The van der Waals surface area contributed by atoms with E-state index in [1.807, 2.05) is 60.7 Å². The van der Waals surface area contributed by atoms with Gasteiger partial charge in [0.05, 0.1) is 25.3 Å². The van der Waals surface area contributed by atoms with Crippen molar-refractivity contribution in [1.82, 2.24) is 0 Å². The second-order valence-electron chi connectivity index (χ2n) is 7.90. The molecule has 7 heteroatoms. The van der Waals surface area contributed by atoms with Crippen molar-refractivity contribution in [2.45, 2.75) is 12.8 Å². The highest BCUT2D eigenvalue weighted by Crippen LogP contribution is 2.37. The van der Waals surface area contributed by atoms with Gasteiger partial charge in [0.15, 0.2) is 11.5 Å². The molecule has 178 valence electrons. The summed E-state index contributed by atoms with van der Waals surface area (Å²) in [5.41, 5.74) is 2.53. The Balaban J connectivity index is 1.44. The molecule has 0 aromatic heterocycles. The maximum absolute atomic E-state index is 13.1. The van der Waals surface area contributed by atoms with Crippen LogP contribution in [0.5, 0.6) is 17.2 Å². The van der Waals surface area contributed by atoms with E-state index in [0.29, 0.717) is 48.3 Å². The van der Waals surface area contributed by atoms with Crippen LogP contribution in [-0.2, 0) is 11.2 Å². The summed E-state index contributed by atoms with van der Waals surface area (Å²) in [6.07, 6.45) is 2.94. The summed E-state index contributed by atoms with van der Waals surface area (Å²) in [5.74, 6) is 1.29. The Hall–Kier alpha value is -3.95. The van der Waals surface area contributed by atoms with Crippen LogP contribution in [0.1, 0.15) is 17.5 Å². The van der Waals surface area contributed by atoms with Crippen LogP contribution < -0.4 is 19.1 Å². The highest BCUT2D eigenvalue weighted by molar-refractivity contribution is 6.32. The van der Waals surface area contributed by atoms with E-state index in [1.165, 1.54) is 13.2 Å². The molecular weight excluding hydrogens is 464 g/mol. The summed E-state index contributed by atoms with van der Waals surface area (Å²) in [7, 11) is 1.52. The van der Waals surface area contributed by atoms with Gasteiger partial charge >= 0.3 is 0 Å². The van der Waals surface area contributed by atoms with Crippen LogP contribution >= 0.6 is 11.6 Å². The number of ether oxygens (including phenoxy) is 3. The van der Waals surface area contributed by atoms with Gasteiger partial charge in [0.25, 0.3) is 5.91 Å². The van der Waals surface area contributed by atoms with Crippen molar-refractivity contribution in [2.75, 3.05) is 31.8 Å². The molecule has 1 amide bonds. The van der Waals surface area contributed by atoms with Gasteiger partial charge in [-0.05, 0) is 54.0 Å². The predicted molar refractivity (Wildman–Crippen MR) is 136 cm³/mol. The summed E-state index contributed by atoms with van der Waals surface area (Å²) < 4.78 is 17.0. The highest BCUT2D eigenvalue weighted by atomic mass is 35.5. The number of anilines is 1. The summed E-state index contributed by atoms with van der Waals surface area (Å²) >= 11 is 6.48. The van der Waals surface area contributed by atoms with Gasteiger partial charge in [0.2, 0.25) is 0 Å². The normalized spacial score (nSPS) is 12.6. The number of benzene rings is 3. The zero-order valence-corrected chi connectivity index (χ0v) is 20.1. The average Bonchev–Trinajstić information content (AvgIpc) is 3.32. The number of carbonyl (C=O) groups excluding carboxylic acids is 1. The molecule has 35 heavy (non-hydrogen) atoms. The molecule has 3 aromatic carbocycles. The maximum atomic E-state index is 13.1. The molecule has 0 saturated carbocycles. The van der Waals surface area contributed by atoms with Gasteiger partial charge < -0.3 is 19.1 Å². The smallest absolute Gasteiger partial charge is 0.268 e. The third-order valence-corrected chi connectivity index (χ3v) is 5.87. The Kier molecular flexibility index (Phi) is 7.92. The number of halogens is 1. The maximum Gasteiger partial charge on any atom is 0.268 e. The first-order valence-corrected chi connectivity index (χ1v) is 11.7. The van der Waals surface area contributed by atoms with Gasteiger partial charge in [-0.15, -0.1) is 0 Å². The molecule has 6 nitrogen and oxygen atoms in total. The van der Waals surface area contributed by atoms with Gasteiger partial charge in [0.1, 0.15) is 17.4 Å². The van der Waals surface area contributed by atoms with Gasteiger partial charge in [-0.25, -0.2) is 0 Å². The summed E-state index contributed by atoms with van der Waals surface area (Å²) in [6, 6.07) is 22.7. The van der Waals surface area contributed by atoms with E-state index < -0.39 is 0 Å². The fourth-order valence-electron chi connectivity index (χ4n) is 3.91. The molecule has 0 aliphatic carbocycles. The Labute approximate surface area is 209 Å². The molecule has 1 aliphatic rings. The van der Waals surface area contributed by atoms with Crippen molar-refractivity contribution in [3.63, 3.8) is 0 Å². The summed E-state index contributed by atoms with van der Waals surface area (Å²) in [4.78, 5) is 14.7. The second kappa shape index (κ2) is 11.5. The number of amides is 1. The molecule has 1 aliphatic heterocycles. The molecule has 0 saturated heterocycles.